The zero-order valence-corrected chi connectivity index (χ0v) is 22.4. The molecule has 0 fully saturated rings. The molecule has 0 spiro atoms. The van der Waals surface area contributed by atoms with Crippen LogP contribution in [0.15, 0.2) is 66.7 Å². The second kappa shape index (κ2) is 13.5. The van der Waals surface area contributed by atoms with Gasteiger partial charge in [-0.2, -0.15) is 0 Å². The molecule has 0 saturated carbocycles. The summed E-state index contributed by atoms with van der Waals surface area (Å²) in [6.45, 7) is 5.91. The SMILES string of the molecule is CCCCCCc1ccc(C(=O)Oc2ccc(-c3ccc(OC(=O)C(Cl)C(C)C)cc3)cc2)cc1Cl. The molecule has 36 heavy (non-hydrogen) atoms. The van der Waals surface area contributed by atoms with Gasteiger partial charge in [-0.3, -0.25) is 4.79 Å². The fourth-order valence-electron chi connectivity index (χ4n) is 3.66. The first kappa shape index (κ1) is 27.8. The fourth-order valence-corrected chi connectivity index (χ4v) is 3.98. The maximum absolute atomic E-state index is 12.6. The highest BCUT2D eigenvalue weighted by molar-refractivity contribution is 6.31. The Labute approximate surface area is 223 Å². The van der Waals surface area contributed by atoms with E-state index >= 15 is 0 Å². The van der Waals surface area contributed by atoms with Crippen molar-refractivity contribution in [2.45, 2.75) is 58.3 Å². The highest BCUT2D eigenvalue weighted by atomic mass is 35.5. The summed E-state index contributed by atoms with van der Waals surface area (Å²) >= 11 is 12.5. The fraction of sp³-hybridized carbons (Fsp3) is 0.333. The molecule has 0 amide bonds. The van der Waals surface area contributed by atoms with Gasteiger partial charge in [0.15, 0.2) is 0 Å². The number of carbonyl (C=O) groups excluding carboxylic acids is 2. The first-order chi connectivity index (χ1) is 17.3. The zero-order valence-electron chi connectivity index (χ0n) is 20.9. The van der Waals surface area contributed by atoms with Crippen molar-refractivity contribution in [2.24, 2.45) is 5.92 Å². The molecule has 1 atom stereocenters. The Morgan fingerprint density at radius 2 is 1.39 bits per heavy atom. The molecule has 1 unspecified atom stereocenters. The predicted octanol–water partition coefficient (Wildman–Crippen LogP) is 8.52. The van der Waals surface area contributed by atoms with Gasteiger partial charge in [0, 0.05) is 5.02 Å². The van der Waals surface area contributed by atoms with Gasteiger partial charge in [0.05, 0.1) is 5.56 Å². The zero-order chi connectivity index (χ0) is 26.1. The Hall–Kier alpha value is -2.82. The van der Waals surface area contributed by atoms with Gasteiger partial charge < -0.3 is 9.47 Å². The van der Waals surface area contributed by atoms with Crippen LogP contribution in [0.1, 0.15) is 62.4 Å². The van der Waals surface area contributed by atoms with E-state index < -0.39 is 17.3 Å². The summed E-state index contributed by atoms with van der Waals surface area (Å²) in [7, 11) is 0. The normalized spacial score (nSPS) is 11.8. The summed E-state index contributed by atoms with van der Waals surface area (Å²) in [6, 6.07) is 19.7. The average Bonchev–Trinajstić information content (AvgIpc) is 2.87. The average molecular weight is 527 g/mol. The van der Waals surface area contributed by atoms with E-state index in [1.54, 1.807) is 36.4 Å². The Balaban J connectivity index is 1.58. The van der Waals surface area contributed by atoms with Gasteiger partial charge in [-0.1, -0.05) is 82.0 Å². The van der Waals surface area contributed by atoms with E-state index in [-0.39, 0.29) is 5.92 Å². The number of alkyl halides is 1. The van der Waals surface area contributed by atoms with Gasteiger partial charge in [0.25, 0.3) is 0 Å². The van der Waals surface area contributed by atoms with Crippen LogP contribution in [0, 0.1) is 5.92 Å². The lowest BCUT2D eigenvalue weighted by atomic mass is 10.0. The number of hydrogen-bond acceptors (Lipinski definition) is 4. The smallest absolute Gasteiger partial charge is 0.343 e. The second-order valence-electron chi connectivity index (χ2n) is 9.12. The van der Waals surface area contributed by atoms with E-state index in [4.69, 9.17) is 32.7 Å². The van der Waals surface area contributed by atoms with Crippen molar-refractivity contribution in [3.05, 3.63) is 82.9 Å². The van der Waals surface area contributed by atoms with Crippen molar-refractivity contribution in [2.75, 3.05) is 0 Å². The van der Waals surface area contributed by atoms with E-state index in [1.807, 2.05) is 44.2 Å². The molecule has 0 aromatic heterocycles. The predicted molar refractivity (Wildman–Crippen MR) is 146 cm³/mol. The molecular weight excluding hydrogens is 495 g/mol. The maximum Gasteiger partial charge on any atom is 0.343 e. The van der Waals surface area contributed by atoms with Crippen molar-refractivity contribution in [1.29, 1.82) is 0 Å². The van der Waals surface area contributed by atoms with Crippen LogP contribution in [0.2, 0.25) is 5.02 Å². The standard InChI is InChI=1S/C30H32Cl2O4/c1-4-5-6-7-8-23-9-10-24(19-27(23)31)29(33)35-25-15-11-21(12-16-25)22-13-17-26(18-14-22)36-30(34)28(32)20(2)3/h9-20,28H,4-8H2,1-3H3. The van der Waals surface area contributed by atoms with Gasteiger partial charge in [0.2, 0.25) is 0 Å². The molecule has 0 aliphatic heterocycles. The molecule has 0 N–H and O–H groups in total. The summed E-state index contributed by atoms with van der Waals surface area (Å²) in [5, 5.41) is -0.0966. The lowest BCUT2D eigenvalue weighted by Gasteiger charge is -2.12. The van der Waals surface area contributed by atoms with Crippen LogP contribution >= 0.6 is 23.2 Å². The minimum atomic E-state index is -0.690. The number of aryl methyl sites for hydroxylation is 1. The largest absolute Gasteiger partial charge is 0.425 e. The number of benzene rings is 3. The van der Waals surface area contributed by atoms with Crippen LogP contribution in [0.3, 0.4) is 0 Å². The molecule has 0 radical (unpaired) electrons. The summed E-state index contributed by atoms with van der Waals surface area (Å²) < 4.78 is 10.9. The van der Waals surface area contributed by atoms with E-state index in [0.717, 1.165) is 29.5 Å². The van der Waals surface area contributed by atoms with E-state index in [1.165, 1.54) is 19.3 Å². The van der Waals surface area contributed by atoms with Crippen molar-refractivity contribution >= 4 is 35.1 Å². The van der Waals surface area contributed by atoms with Crippen molar-refractivity contribution < 1.29 is 19.1 Å². The minimum absolute atomic E-state index is 0.0114. The molecule has 0 heterocycles. The quantitative estimate of drug-likeness (QED) is 0.109. The molecule has 0 saturated heterocycles. The van der Waals surface area contributed by atoms with Crippen LogP contribution < -0.4 is 9.47 Å². The molecule has 0 aliphatic carbocycles. The molecule has 0 bridgehead atoms. The third-order valence-electron chi connectivity index (χ3n) is 5.87. The molecular formula is C30H32Cl2O4. The maximum atomic E-state index is 12.6. The van der Waals surface area contributed by atoms with Gasteiger partial charge in [-0.15, -0.1) is 11.6 Å². The molecule has 3 rings (SSSR count). The minimum Gasteiger partial charge on any atom is -0.425 e. The Morgan fingerprint density at radius 3 is 1.92 bits per heavy atom. The van der Waals surface area contributed by atoms with Crippen LogP contribution in [0.5, 0.6) is 11.5 Å². The first-order valence-corrected chi connectivity index (χ1v) is 13.2. The van der Waals surface area contributed by atoms with Crippen LogP contribution in [0.25, 0.3) is 11.1 Å². The van der Waals surface area contributed by atoms with Crippen LogP contribution in [-0.2, 0) is 11.2 Å². The highest BCUT2D eigenvalue weighted by Gasteiger charge is 2.21. The Morgan fingerprint density at radius 1 is 0.806 bits per heavy atom. The van der Waals surface area contributed by atoms with E-state index in [9.17, 15) is 9.59 Å². The van der Waals surface area contributed by atoms with Gasteiger partial charge >= 0.3 is 11.9 Å². The van der Waals surface area contributed by atoms with Gasteiger partial charge in [0.1, 0.15) is 16.9 Å². The summed E-state index contributed by atoms with van der Waals surface area (Å²) in [6.07, 6.45) is 5.58. The molecule has 3 aromatic carbocycles. The van der Waals surface area contributed by atoms with Crippen molar-refractivity contribution in [3.8, 4) is 22.6 Å². The van der Waals surface area contributed by atoms with Crippen molar-refractivity contribution in [3.63, 3.8) is 0 Å². The Bertz CT molecular complexity index is 1150. The molecule has 3 aromatic rings. The highest BCUT2D eigenvalue weighted by Crippen LogP contribution is 2.26. The lowest BCUT2D eigenvalue weighted by Crippen LogP contribution is -2.25. The number of ether oxygens (including phenoxy) is 2. The molecule has 4 nitrogen and oxygen atoms in total. The molecule has 190 valence electrons. The number of unbranched alkanes of at least 4 members (excludes halogenated alkanes) is 3. The number of esters is 2. The second-order valence-corrected chi connectivity index (χ2v) is 10.00. The summed E-state index contributed by atoms with van der Waals surface area (Å²) in [4.78, 5) is 24.6. The molecule has 6 heteroatoms. The number of carbonyl (C=O) groups is 2. The summed E-state index contributed by atoms with van der Waals surface area (Å²) in [5.41, 5.74) is 3.33. The van der Waals surface area contributed by atoms with Gasteiger partial charge in [-0.05, 0) is 71.8 Å². The lowest BCUT2D eigenvalue weighted by molar-refractivity contribution is -0.134. The van der Waals surface area contributed by atoms with Crippen molar-refractivity contribution in [1.82, 2.24) is 0 Å². The van der Waals surface area contributed by atoms with Crippen LogP contribution in [-0.4, -0.2) is 17.3 Å². The molecule has 0 aliphatic rings. The monoisotopic (exact) mass is 526 g/mol. The number of halogens is 2. The van der Waals surface area contributed by atoms with E-state index in [0.29, 0.717) is 22.1 Å². The summed E-state index contributed by atoms with van der Waals surface area (Å²) in [5.74, 6) is -0.0503. The third kappa shape index (κ3) is 7.84. The van der Waals surface area contributed by atoms with E-state index in [2.05, 4.69) is 6.92 Å². The Kier molecular flexibility index (Phi) is 10.4. The topological polar surface area (TPSA) is 52.6 Å². The van der Waals surface area contributed by atoms with Gasteiger partial charge in [-0.25, -0.2) is 4.79 Å². The first-order valence-electron chi connectivity index (χ1n) is 12.4. The third-order valence-corrected chi connectivity index (χ3v) is 6.90. The number of hydrogen-bond donors (Lipinski definition) is 0. The number of rotatable bonds is 11. The van der Waals surface area contributed by atoms with Crippen LogP contribution in [0.4, 0.5) is 0 Å².